The molecule has 1 unspecified atom stereocenters. The average Bonchev–Trinajstić information content (AvgIpc) is 2.81. The third kappa shape index (κ3) is 2.37. The van der Waals surface area contributed by atoms with Gasteiger partial charge in [-0.1, -0.05) is 17.7 Å². The second kappa shape index (κ2) is 4.77. The molecule has 1 aromatic carbocycles. The minimum absolute atomic E-state index is 0.00852. The number of hydrazone groups is 1. The number of rotatable bonds is 1. The van der Waals surface area contributed by atoms with Gasteiger partial charge in [-0.3, -0.25) is 5.43 Å². The molecule has 2 heterocycles. The molecule has 0 spiro atoms. The predicted octanol–water partition coefficient (Wildman–Crippen LogP) is 3.39. The van der Waals surface area contributed by atoms with Crippen LogP contribution in [-0.2, 0) is 0 Å². The standard InChI is InChI=1S/C13H8ClF4N3/c14-8-2-1-3-9(15)11(8)12-20-19-10-5-4-7(6-21(10)12)13(16,17)18/h1-6,10,19H. The third-order valence-electron chi connectivity index (χ3n) is 3.10. The fraction of sp³-hybridized carbons (Fsp3) is 0.154. The van der Waals surface area contributed by atoms with E-state index in [0.29, 0.717) is 0 Å². The molecule has 1 atom stereocenters. The number of alkyl halides is 3. The van der Waals surface area contributed by atoms with Crippen molar-refractivity contribution in [3.8, 4) is 0 Å². The molecule has 2 aliphatic heterocycles. The zero-order chi connectivity index (χ0) is 15.2. The molecule has 0 aromatic heterocycles. The Labute approximate surface area is 122 Å². The summed E-state index contributed by atoms with van der Waals surface area (Å²) >= 11 is 5.93. The van der Waals surface area contributed by atoms with Crippen LogP contribution in [0.4, 0.5) is 17.6 Å². The molecule has 8 heteroatoms. The van der Waals surface area contributed by atoms with Crippen LogP contribution in [0.25, 0.3) is 0 Å². The summed E-state index contributed by atoms with van der Waals surface area (Å²) in [5, 5.41) is 3.97. The Hall–Kier alpha value is -2.02. The van der Waals surface area contributed by atoms with E-state index in [4.69, 9.17) is 11.6 Å². The highest BCUT2D eigenvalue weighted by Crippen LogP contribution is 2.32. The number of benzene rings is 1. The summed E-state index contributed by atoms with van der Waals surface area (Å²) < 4.78 is 52.3. The van der Waals surface area contributed by atoms with Gasteiger partial charge >= 0.3 is 6.18 Å². The summed E-state index contributed by atoms with van der Waals surface area (Å²) in [5.74, 6) is -0.644. The summed E-state index contributed by atoms with van der Waals surface area (Å²) in [5.41, 5.74) is 1.74. The fourth-order valence-corrected chi connectivity index (χ4v) is 2.36. The Balaban J connectivity index is 2.03. The van der Waals surface area contributed by atoms with E-state index < -0.39 is 23.7 Å². The normalized spacial score (nSPS) is 20.8. The first-order valence-corrected chi connectivity index (χ1v) is 6.29. The highest BCUT2D eigenvalue weighted by molar-refractivity contribution is 6.34. The van der Waals surface area contributed by atoms with Crippen molar-refractivity contribution in [1.82, 2.24) is 10.3 Å². The van der Waals surface area contributed by atoms with Gasteiger partial charge in [0.2, 0.25) is 0 Å². The van der Waals surface area contributed by atoms with E-state index in [0.717, 1.165) is 12.3 Å². The van der Waals surface area contributed by atoms with Crippen LogP contribution >= 0.6 is 11.6 Å². The lowest BCUT2D eigenvalue weighted by atomic mass is 10.1. The van der Waals surface area contributed by atoms with Gasteiger partial charge in [0.15, 0.2) is 5.84 Å². The van der Waals surface area contributed by atoms with Crippen LogP contribution in [0, 0.1) is 5.82 Å². The summed E-state index contributed by atoms with van der Waals surface area (Å²) in [6.45, 7) is 0. The van der Waals surface area contributed by atoms with E-state index in [1.165, 1.54) is 29.2 Å². The minimum atomic E-state index is -4.49. The first-order chi connectivity index (χ1) is 9.88. The highest BCUT2D eigenvalue weighted by Gasteiger charge is 2.38. The zero-order valence-electron chi connectivity index (χ0n) is 10.3. The lowest BCUT2D eigenvalue weighted by Gasteiger charge is -2.26. The number of fused-ring (bicyclic) bond motifs is 1. The maximum Gasteiger partial charge on any atom is 0.417 e. The number of allylic oxidation sites excluding steroid dienone is 2. The van der Waals surface area contributed by atoms with Crippen molar-refractivity contribution in [3.63, 3.8) is 0 Å². The van der Waals surface area contributed by atoms with Crippen molar-refractivity contribution in [1.29, 1.82) is 0 Å². The van der Waals surface area contributed by atoms with Crippen molar-refractivity contribution < 1.29 is 17.6 Å². The number of nitrogens with zero attached hydrogens (tertiary/aromatic N) is 2. The second-order valence-corrected chi connectivity index (χ2v) is 4.86. The predicted molar refractivity (Wildman–Crippen MR) is 70.0 cm³/mol. The highest BCUT2D eigenvalue weighted by atomic mass is 35.5. The van der Waals surface area contributed by atoms with E-state index in [2.05, 4.69) is 10.5 Å². The van der Waals surface area contributed by atoms with E-state index in [9.17, 15) is 17.6 Å². The summed E-state index contributed by atoms with van der Waals surface area (Å²) in [6.07, 6.45) is -1.95. The van der Waals surface area contributed by atoms with Crippen molar-refractivity contribution in [2.75, 3.05) is 0 Å². The summed E-state index contributed by atoms with van der Waals surface area (Å²) in [6, 6.07) is 4.03. The fourth-order valence-electron chi connectivity index (χ4n) is 2.11. The lowest BCUT2D eigenvalue weighted by molar-refractivity contribution is -0.0894. The number of hydrogen-bond acceptors (Lipinski definition) is 3. The number of nitrogens with one attached hydrogen (secondary N) is 1. The minimum Gasteiger partial charge on any atom is -0.305 e. The summed E-state index contributed by atoms with van der Waals surface area (Å²) in [4.78, 5) is 1.20. The Morgan fingerprint density at radius 2 is 2.05 bits per heavy atom. The second-order valence-electron chi connectivity index (χ2n) is 4.45. The molecule has 3 nitrogen and oxygen atoms in total. The van der Waals surface area contributed by atoms with Crippen LogP contribution in [0.1, 0.15) is 5.56 Å². The van der Waals surface area contributed by atoms with Gasteiger partial charge in [-0.2, -0.15) is 18.3 Å². The molecule has 0 amide bonds. The monoisotopic (exact) mass is 317 g/mol. The molecule has 110 valence electrons. The van der Waals surface area contributed by atoms with E-state index in [1.54, 1.807) is 0 Å². The number of amidine groups is 1. The molecule has 1 N–H and O–H groups in total. The van der Waals surface area contributed by atoms with Crippen LogP contribution in [0.5, 0.6) is 0 Å². The molecule has 0 saturated heterocycles. The smallest absolute Gasteiger partial charge is 0.305 e. The quantitative estimate of drug-likeness (QED) is 0.804. The van der Waals surface area contributed by atoms with Crippen LogP contribution in [0.2, 0.25) is 5.02 Å². The molecule has 0 radical (unpaired) electrons. The molecule has 0 bridgehead atoms. The van der Waals surface area contributed by atoms with Crippen molar-refractivity contribution >= 4 is 17.4 Å². The maximum atomic E-state index is 13.9. The molecule has 1 aromatic rings. The maximum absolute atomic E-state index is 13.9. The first kappa shape index (κ1) is 13.9. The van der Waals surface area contributed by atoms with Crippen LogP contribution in [0.15, 0.2) is 47.2 Å². The largest absolute Gasteiger partial charge is 0.417 e. The van der Waals surface area contributed by atoms with E-state index >= 15 is 0 Å². The van der Waals surface area contributed by atoms with Crippen molar-refractivity contribution in [2.24, 2.45) is 5.10 Å². The van der Waals surface area contributed by atoms with E-state index in [1.807, 2.05) is 0 Å². The molecule has 0 fully saturated rings. The van der Waals surface area contributed by atoms with Crippen molar-refractivity contribution in [2.45, 2.75) is 12.3 Å². The Morgan fingerprint density at radius 3 is 2.71 bits per heavy atom. The van der Waals surface area contributed by atoms with Crippen LogP contribution in [-0.4, -0.2) is 23.1 Å². The topological polar surface area (TPSA) is 27.6 Å². The molecule has 21 heavy (non-hydrogen) atoms. The molecular formula is C13H8ClF4N3. The van der Waals surface area contributed by atoms with Gasteiger partial charge in [-0.25, -0.2) is 4.39 Å². The van der Waals surface area contributed by atoms with Crippen LogP contribution < -0.4 is 5.43 Å². The van der Waals surface area contributed by atoms with Gasteiger partial charge < -0.3 is 4.90 Å². The third-order valence-corrected chi connectivity index (χ3v) is 3.41. The first-order valence-electron chi connectivity index (χ1n) is 5.91. The zero-order valence-corrected chi connectivity index (χ0v) is 11.1. The Morgan fingerprint density at radius 1 is 1.29 bits per heavy atom. The Kier molecular flexibility index (Phi) is 3.16. The number of halogens is 5. The van der Waals surface area contributed by atoms with Gasteiger partial charge in [0.05, 0.1) is 16.2 Å². The molecular weight excluding hydrogens is 310 g/mol. The summed E-state index contributed by atoms with van der Waals surface area (Å²) in [7, 11) is 0. The van der Waals surface area contributed by atoms with Gasteiger partial charge in [-0.05, 0) is 24.3 Å². The van der Waals surface area contributed by atoms with Crippen molar-refractivity contribution in [3.05, 3.63) is 58.5 Å². The average molecular weight is 318 g/mol. The SMILES string of the molecule is Fc1cccc(Cl)c1C1=NNC2C=CC(C(F)(F)F)=CN12. The lowest BCUT2D eigenvalue weighted by Crippen LogP contribution is -2.38. The Bertz CT molecular complexity index is 658. The van der Waals surface area contributed by atoms with Gasteiger partial charge in [-0.15, -0.1) is 0 Å². The number of hydrogen-bond donors (Lipinski definition) is 1. The van der Waals surface area contributed by atoms with E-state index in [-0.39, 0.29) is 16.4 Å². The molecule has 2 aliphatic rings. The molecule has 0 saturated carbocycles. The van der Waals surface area contributed by atoms with Gasteiger partial charge in [0.25, 0.3) is 0 Å². The molecule has 3 rings (SSSR count). The van der Waals surface area contributed by atoms with Gasteiger partial charge in [0, 0.05) is 6.20 Å². The van der Waals surface area contributed by atoms with Crippen LogP contribution in [0.3, 0.4) is 0 Å². The molecule has 0 aliphatic carbocycles. The van der Waals surface area contributed by atoms with Gasteiger partial charge in [0.1, 0.15) is 12.0 Å².